The first kappa shape index (κ1) is 21.6. The molecule has 1 unspecified atom stereocenters. The van der Waals surface area contributed by atoms with Crippen molar-refractivity contribution >= 4 is 5.91 Å². The van der Waals surface area contributed by atoms with Crippen LogP contribution >= 0.6 is 0 Å². The maximum absolute atomic E-state index is 13.3. The number of amides is 1. The molecule has 170 valence electrons. The summed E-state index contributed by atoms with van der Waals surface area (Å²) in [5.41, 5.74) is 3.76. The van der Waals surface area contributed by atoms with Crippen molar-refractivity contribution in [3.05, 3.63) is 65.5 Å². The van der Waals surface area contributed by atoms with E-state index in [9.17, 15) is 4.79 Å². The van der Waals surface area contributed by atoms with Crippen LogP contribution in [0.25, 0.3) is 0 Å². The number of rotatable bonds is 6. The maximum atomic E-state index is 13.3. The Bertz CT molecular complexity index is 875. The van der Waals surface area contributed by atoms with Crippen LogP contribution in [-0.4, -0.2) is 72.2 Å². The van der Waals surface area contributed by atoms with Crippen LogP contribution in [0.15, 0.2) is 48.7 Å². The zero-order valence-corrected chi connectivity index (χ0v) is 18.7. The molecule has 1 aromatic heterocycles. The zero-order valence-electron chi connectivity index (χ0n) is 18.7. The Hall–Kier alpha value is -2.28. The van der Waals surface area contributed by atoms with Gasteiger partial charge in [0.25, 0.3) is 0 Å². The number of aromatic nitrogens is 1. The standard InChI is InChI=1S/C26H33N3O3/c30-26-18-28(24-13-21-5-1-2-6-22(21)14-24)16-25(32-19-23-7-3-4-10-27-23)17-29(26)15-20-8-11-31-12-9-20/h1-7,10,20,24-25H,8-9,11-19H2. The van der Waals surface area contributed by atoms with Gasteiger partial charge in [-0.25, -0.2) is 0 Å². The number of fused-ring (bicyclic) bond motifs is 1. The minimum Gasteiger partial charge on any atom is -0.381 e. The van der Waals surface area contributed by atoms with Crippen molar-refractivity contribution in [3.63, 3.8) is 0 Å². The summed E-state index contributed by atoms with van der Waals surface area (Å²) >= 11 is 0. The third-order valence-corrected chi connectivity index (χ3v) is 7.11. The van der Waals surface area contributed by atoms with Crippen LogP contribution in [0, 0.1) is 5.92 Å². The Morgan fingerprint density at radius 2 is 1.75 bits per heavy atom. The minimum atomic E-state index is -0.0213. The third-order valence-electron chi connectivity index (χ3n) is 7.11. The Labute approximate surface area is 190 Å². The Morgan fingerprint density at radius 1 is 1.00 bits per heavy atom. The number of nitrogens with zero attached hydrogens (tertiary/aromatic N) is 3. The van der Waals surface area contributed by atoms with E-state index in [0.29, 0.717) is 31.7 Å². The molecule has 6 nitrogen and oxygen atoms in total. The quantitative estimate of drug-likeness (QED) is 0.698. The lowest BCUT2D eigenvalue weighted by Crippen LogP contribution is -2.43. The second-order valence-electron chi connectivity index (χ2n) is 9.37. The molecule has 2 aliphatic heterocycles. The highest BCUT2D eigenvalue weighted by Gasteiger charge is 2.35. The molecule has 1 aromatic carbocycles. The van der Waals surface area contributed by atoms with Gasteiger partial charge in [0.15, 0.2) is 0 Å². The summed E-state index contributed by atoms with van der Waals surface area (Å²) in [4.78, 5) is 22.2. The van der Waals surface area contributed by atoms with Crippen LogP contribution < -0.4 is 0 Å². The average Bonchev–Trinajstić information content (AvgIpc) is 3.20. The SMILES string of the molecule is O=C1CN(C2Cc3ccccc3C2)CC(OCc2ccccn2)CN1CC1CCOCC1. The minimum absolute atomic E-state index is 0.0213. The summed E-state index contributed by atoms with van der Waals surface area (Å²) in [5, 5.41) is 0. The van der Waals surface area contributed by atoms with Crippen LogP contribution in [0.5, 0.6) is 0 Å². The largest absolute Gasteiger partial charge is 0.381 e. The van der Waals surface area contributed by atoms with Crippen molar-refractivity contribution in [2.45, 2.75) is 44.4 Å². The van der Waals surface area contributed by atoms with E-state index in [4.69, 9.17) is 9.47 Å². The van der Waals surface area contributed by atoms with E-state index in [1.807, 2.05) is 18.2 Å². The normalized spacial score (nSPS) is 23.3. The fourth-order valence-corrected chi connectivity index (χ4v) is 5.29. The van der Waals surface area contributed by atoms with Crippen molar-refractivity contribution in [2.24, 2.45) is 5.92 Å². The molecule has 6 heteroatoms. The topological polar surface area (TPSA) is 54.9 Å². The van der Waals surface area contributed by atoms with Crippen molar-refractivity contribution < 1.29 is 14.3 Å². The molecule has 0 radical (unpaired) electrons. The van der Waals surface area contributed by atoms with Crippen molar-refractivity contribution in [1.29, 1.82) is 0 Å². The van der Waals surface area contributed by atoms with Gasteiger partial charge in [-0.3, -0.25) is 14.7 Å². The molecule has 0 N–H and O–H groups in total. The van der Waals surface area contributed by atoms with Gasteiger partial charge in [0.2, 0.25) is 5.91 Å². The summed E-state index contributed by atoms with van der Waals surface area (Å²) in [6.45, 7) is 4.80. The monoisotopic (exact) mass is 435 g/mol. The molecule has 5 rings (SSSR count). The molecule has 2 saturated heterocycles. The molecule has 2 aromatic rings. The molecule has 2 fully saturated rings. The highest BCUT2D eigenvalue weighted by atomic mass is 16.5. The van der Waals surface area contributed by atoms with E-state index in [1.54, 1.807) is 6.20 Å². The Balaban J connectivity index is 1.29. The van der Waals surface area contributed by atoms with Crippen molar-refractivity contribution in [2.75, 3.05) is 39.4 Å². The average molecular weight is 436 g/mol. The zero-order chi connectivity index (χ0) is 21.8. The third kappa shape index (κ3) is 5.20. The Kier molecular flexibility index (Phi) is 6.81. The summed E-state index contributed by atoms with van der Waals surface area (Å²) in [6, 6.07) is 14.9. The lowest BCUT2D eigenvalue weighted by molar-refractivity contribution is -0.133. The van der Waals surface area contributed by atoms with Crippen molar-refractivity contribution in [3.8, 4) is 0 Å². The molecule has 0 bridgehead atoms. The molecule has 0 saturated carbocycles. The molecule has 1 aliphatic carbocycles. The number of carbonyl (C=O) groups is 1. The van der Waals surface area contributed by atoms with E-state index >= 15 is 0 Å². The molecule has 3 aliphatic rings. The van der Waals surface area contributed by atoms with Gasteiger partial charge in [-0.2, -0.15) is 0 Å². The lowest BCUT2D eigenvalue weighted by Gasteiger charge is -2.30. The fourth-order valence-electron chi connectivity index (χ4n) is 5.29. The van der Waals surface area contributed by atoms with Gasteiger partial charge in [0.1, 0.15) is 0 Å². The summed E-state index contributed by atoms with van der Waals surface area (Å²) in [6.07, 6.45) is 5.86. The van der Waals surface area contributed by atoms with Gasteiger partial charge in [0, 0.05) is 45.1 Å². The smallest absolute Gasteiger partial charge is 0.236 e. The predicted molar refractivity (Wildman–Crippen MR) is 122 cm³/mol. The first-order valence-electron chi connectivity index (χ1n) is 11.9. The number of ether oxygens (including phenoxy) is 2. The van der Waals surface area contributed by atoms with E-state index in [-0.39, 0.29) is 12.0 Å². The summed E-state index contributed by atoms with van der Waals surface area (Å²) < 4.78 is 11.9. The van der Waals surface area contributed by atoms with E-state index in [0.717, 1.165) is 57.7 Å². The molecule has 3 heterocycles. The molecular weight excluding hydrogens is 402 g/mol. The molecule has 0 spiro atoms. The molecular formula is C26H33N3O3. The number of pyridine rings is 1. The van der Waals surface area contributed by atoms with Crippen LogP contribution in [-0.2, 0) is 33.7 Å². The fraction of sp³-hybridized carbons (Fsp3) is 0.538. The van der Waals surface area contributed by atoms with Gasteiger partial charge in [-0.1, -0.05) is 30.3 Å². The van der Waals surface area contributed by atoms with Crippen molar-refractivity contribution in [1.82, 2.24) is 14.8 Å². The molecule has 32 heavy (non-hydrogen) atoms. The summed E-state index contributed by atoms with van der Waals surface area (Å²) in [7, 11) is 0. The first-order chi connectivity index (χ1) is 15.7. The number of carbonyl (C=O) groups excluding carboxylic acids is 1. The predicted octanol–water partition coefficient (Wildman–Crippen LogP) is 2.71. The van der Waals surface area contributed by atoms with Gasteiger partial charge >= 0.3 is 0 Å². The number of hydrogen-bond donors (Lipinski definition) is 0. The van der Waals surface area contributed by atoms with Gasteiger partial charge < -0.3 is 14.4 Å². The first-order valence-corrected chi connectivity index (χ1v) is 11.9. The molecule has 1 atom stereocenters. The number of benzene rings is 1. The lowest BCUT2D eigenvalue weighted by atomic mass is 9.99. The second-order valence-corrected chi connectivity index (χ2v) is 9.37. The van der Waals surface area contributed by atoms with Crippen LogP contribution in [0.2, 0.25) is 0 Å². The van der Waals surface area contributed by atoms with Crippen LogP contribution in [0.1, 0.15) is 29.7 Å². The van der Waals surface area contributed by atoms with Crippen LogP contribution in [0.3, 0.4) is 0 Å². The highest BCUT2D eigenvalue weighted by molar-refractivity contribution is 5.78. The summed E-state index contributed by atoms with van der Waals surface area (Å²) in [5.74, 6) is 0.753. The van der Waals surface area contributed by atoms with E-state index < -0.39 is 0 Å². The number of hydrogen-bond acceptors (Lipinski definition) is 5. The molecule has 1 amide bonds. The van der Waals surface area contributed by atoms with E-state index in [2.05, 4.69) is 39.0 Å². The van der Waals surface area contributed by atoms with Crippen LogP contribution in [0.4, 0.5) is 0 Å². The second kappa shape index (κ2) is 10.1. The maximum Gasteiger partial charge on any atom is 0.236 e. The van der Waals surface area contributed by atoms with Gasteiger partial charge in [-0.05, 0) is 54.9 Å². The van der Waals surface area contributed by atoms with E-state index in [1.165, 1.54) is 11.1 Å². The van der Waals surface area contributed by atoms with Gasteiger partial charge in [0.05, 0.1) is 24.9 Å². The van der Waals surface area contributed by atoms with Gasteiger partial charge in [-0.15, -0.1) is 0 Å². The highest BCUT2D eigenvalue weighted by Crippen LogP contribution is 2.27. The Morgan fingerprint density at radius 3 is 2.47 bits per heavy atom.